The summed E-state index contributed by atoms with van der Waals surface area (Å²) in [4.78, 5) is 27.2. The number of allylic oxidation sites excluding steroid dienone is 1. The second kappa shape index (κ2) is 7.54. The van der Waals surface area contributed by atoms with E-state index in [4.69, 9.17) is 4.74 Å². The molecule has 1 aromatic carbocycles. The van der Waals surface area contributed by atoms with Crippen molar-refractivity contribution in [2.24, 2.45) is 34.5 Å². The van der Waals surface area contributed by atoms with Crippen molar-refractivity contribution in [3.63, 3.8) is 0 Å². The molecule has 2 bridgehead atoms. The zero-order valence-corrected chi connectivity index (χ0v) is 20.1. The Morgan fingerprint density at radius 1 is 1.26 bits per heavy atom. The van der Waals surface area contributed by atoms with Crippen molar-refractivity contribution in [2.75, 3.05) is 6.61 Å². The summed E-state index contributed by atoms with van der Waals surface area (Å²) in [6.45, 7) is 7.03. The number of ether oxygens (including phenoxy) is 1. The van der Waals surface area contributed by atoms with Crippen LogP contribution in [-0.2, 0) is 9.53 Å². The van der Waals surface area contributed by atoms with Crippen LogP contribution in [0.25, 0.3) is 0 Å². The highest BCUT2D eigenvalue weighted by Gasteiger charge is 2.76. The second-order valence-electron chi connectivity index (χ2n) is 11.3. The fourth-order valence-electron chi connectivity index (χ4n) is 7.42. The summed E-state index contributed by atoms with van der Waals surface area (Å²) in [5, 5.41) is 33.9. The predicted molar refractivity (Wildman–Crippen MR) is 121 cm³/mol. The Kier molecular flexibility index (Phi) is 5.23. The second-order valence-corrected chi connectivity index (χ2v) is 11.3. The van der Waals surface area contributed by atoms with E-state index < -0.39 is 64.8 Å². The lowest BCUT2D eigenvalue weighted by Crippen LogP contribution is -2.65. The van der Waals surface area contributed by atoms with Crippen molar-refractivity contribution >= 4 is 11.8 Å². The van der Waals surface area contributed by atoms with Crippen LogP contribution in [0, 0.1) is 46.1 Å². The molecule has 3 N–H and O–H groups in total. The number of Topliss-reactive ketones (excluding diaryl/α,β-unsaturated/α-hetero) is 1. The third-order valence-electron chi connectivity index (χ3n) is 9.27. The van der Waals surface area contributed by atoms with E-state index in [1.54, 1.807) is 19.1 Å². The topological polar surface area (TPSA) is 104 Å². The zero-order chi connectivity index (χ0) is 25.7. The van der Waals surface area contributed by atoms with Gasteiger partial charge in [-0.2, -0.15) is 0 Å². The van der Waals surface area contributed by atoms with Gasteiger partial charge in [0, 0.05) is 12.0 Å². The summed E-state index contributed by atoms with van der Waals surface area (Å²) in [5.41, 5.74) is -4.11. The summed E-state index contributed by atoms with van der Waals surface area (Å²) < 4.78 is 33.2. The quantitative estimate of drug-likeness (QED) is 0.447. The lowest BCUT2D eigenvalue weighted by atomic mass is 9.59. The zero-order valence-electron chi connectivity index (χ0n) is 20.1. The summed E-state index contributed by atoms with van der Waals surface area (Å²) in [7, 11) is 0. The van der Waals surface area contributed by atoms with Gasteiger partial charge >= 0.3 is 5.97 Å². The van der Waals surface area contributed by atoms with Gasteiger partial charge in [0.25, 0.3) is 0 Å². The van der Waals surface area contributed by atoms with Crippen LogP contribution in [-0.4, -0.2) is 51.5 Å². The number of aliphatic hydroxyl groups excluding tert-OH is 2. The normalized spacial score (nSPS) is 41.1. The lowest BCUT2D eigenvalue weighted by Gasteiger charge is -2.48. The third-order valence-corrected chi connectivity index (χ3v) is 9.27. The van der Waals surface area contributed by atoms with Gasteiger partial charge in [0.2, 0.25) is 0 Å². The van der Waals surface area contributed by atoms with Gasteiger partial charge in [0.15, 0.2) is 17.5 Å². The number of carbonyl (C=O) groups excluding carboxylic acids is 2. The van der Waals surface area contributed by atoms with Crippen LogP contribution in [0.2, 0.25) is 0 Å². The Morgan fingerprint density at radius 2 is 1.94 bits per heavy atom. The number of rotatable bonds is 3. The summed E-state index contributed by atoms with van der Waals surface area (Å²) >= 11 is 0. The van der Waals surface area contributed by atoms with E-state index in [-0.39, 0.29) is 28.6 Å². The number of esters is 1. The molecule has 0 radical (unpaired) electrons. The van der Waals surface area contributed by atoms with E-state index in [1.807, 2.05) is 6.92 Å². The van der Waals surface area contributed by atoms with Gasteiger partial charge < -0.3 is 20.1 Å². The van der Waals surface area contributed by atoms with Crippen molar-refractivity contribution in [2.45, 2.75) is 51.9 Å². The van der Waals surface area contributed by atoms with E-state index in [9.17, 15) is 33.7 Å². The Balaban J connectivity index is 1.63. The molecule has 2 fully saturated rings. The monoisotopic (exact) mass is 488 g/mol. The number of hydrogen-bond acceptors (Lipinski definition) is 6. The van der Waals surface area contributed by atoms with Crippen LogP contribution >= 0.6 is 0 Å². The Morgan fingerprint density at radius 3 is 2.57 bits per heavy atom. The largest absolute Gasteiger partial charge is 0.451 e. The number of carbonyl (C=O) groups is 2. The van der Waals surface area contributed by atoms with Crippen molar-refractivity contribution in [3.8, 4) is 0 Å². The first-order valence-electron chi connectivity index (χ1n) is 11.9. The van der Waals surface area contributed by atoms with Crippen LogP contribution in [0.4, 0.5) is 8.78 Å². The molecule has 0 heterocycles. The average Bonchev–Trinajstić information content (AvgIpc) is 3.27. The standard InChI is InChI=1S/C27H30F2O6/c1-12-10-26-13(2)7-18-20(25(18,3)4)17(22(26)32)8-14(11-30)21(31)27(26,34)23(12)35-24(33)16-6-5-15(28)9-19(16)29/h5-6,8-10,13,17-18,20-21,23,30-31,34H,7,11H2,1-4H3/t13-,17+,18?,20+,21-,23+,26+,27+/m1/s1. The molecule has 2 saturated carbocycles. The number of ketones is 1. The molecule has 0 aliphatic heterocycles. The van der Waals surface area contributed by atoms with E-state index in [1.165, 1.54) is 0 Å². The van der Waals surface area contributed by atoms with Gasteiger partial charge in [-0.05, 0) is 59.8 Å². The fourth-order valence-corrected chi connectivity index (χ4v) is 7.42. The highest BCUT2D eigenvalue weighted by atomic mass is 19.1. The van der Waals surface area contributed by atoms with Crippen LogP contribution < -0.4 is 0 Å². The van der Waals surface area contributed by atoms with Gasteiger partial charge in [-0.3, -0.25) is 4.79 Å². The molecule has 1 aromatic rings. The van der Waals surface area contributed by atoms with E-state index in [0.29, 0.717) is 18.1 Å². The summed E-state index contributed by atoms with van der Waals surface area (Å²) in [5.74, 6) is -4.27. The van der Waals surface area contributed by atoms with Gasteiger partial charge in [0.05, 0.1) is 17.6 Å². The van der Waals surface area contributed by atoms with Crippen LogP contribution in [0.1, 0.15) is 44.5 Å². The number of benzene rings is 1. The Labute approximate surface area is 202 Å². The van der Waals surface area contributed by atoms with Crippen LogP contribution in [0.15, 0.2) is 41.5 Å². The molecule has 0 amide bonds. The number of aliphatic hydroxyl groups is 3. The molecule has 188 valence electrons. The molecule has 8 atom stereocenters. The van der Waals surface area contributed by atoms with E-state index in [2.05, 4.69) is 13.8 Å². The number of halogens is 2. The van der Waals surface area contributed by atoms with Crippen molar-refractivity contribution in [3.05, 3.63) is 58.7 Å². The lowest BCUT2D eigenvalue weighted by molar-refractivity contribution is -0.190. The first-order chi connectivity index (χ1) is 16.3. The molecule has 5 rings (SSSR count). The highest BCUT2D eigenvalue weighted by molar-refractivity contribution is 5.96. The van der Waals surface area contributed by atoms with Gasteiger partial charge in [-0.1, -0.05) is 32.9 Å². The maximum Gasteiger partial charge on any atom is 0.341 e. The van der Waals surface area contributed by atoms with E-state index >= 15 is 0 Å². The van der Waals surface area contributed by atoms with Gasteiger partial charge in [0.1, 0.15) is 17.7 Å². The first-order valence-corrected chi connectivity index (χ1v) is 11.9. The molecular weight excluding hydrogens is 458 g/mol. The maximum atomic E-state index is 14.3. The molecule has 0 saturated heterocycles. The molecule has 0 aromatic heterocycles. The van der Waals surface area contributed by atoms with Crippen LogP contribution in [0.5, 0.6) is 0 Å². The molecular formula is C27H30F2O6. The van der Waals surface area contributed by atoms with Gasteiger partial charge in [-0.25, -0.2) is 13.6 Å². The number of fused-ring (bicyclic) bond motifs is 3. The van der Waals surface area contributed by atoms with Crippen molar-refractivity contribution in [1.82, 2.24) is 0 Å². The molecule has 4 aliphatic carbocycles. The minimum atomic E-state index is -2.32. The van der Waals surface area contributed by atoms with E-state index in [0.717, 1.165) is 12.1 Å². The number of hydrogen-bond donors (Lipinski definition) is 3. The Hall–Kier alpha value is -2.42. The first kappa shape index (κ1) is 24.3. The molecule has 1 spiro atoms. The Bertz CT molecular complexity index is 1190. The molecule has 1 unspecified atom stereocenters. The van der Waals surface area contributed by atoms with Crippen molar-refractivity contribution < 1.29 is 38.4 Å². The minimum Gasteiger partial charge on any atom is -0.451 e. The highest BCUT2D eigenvalue weighted by Crippen LogP contribution is 2.71. The van der Waals surface area contributed by atoms with Gasteiger partial charge in [-0.15, -0.1) is 0 Å². The average molecular weight is 489 g/mol. The van der Waals surface area contributed by atoms with Crippen LogP contribution in [0.3, 0.4) is 0 Å². The molecule has 4 aliphatic rings. The maximum absolute atomic E-state index is 14.3. The smallest absolute Gasteiger partial charge is 0.341 e. The minimum absolute atomic E-state index is 0.00320. The predicted octanol–water partition coefficient (Wildman–Crippen LogP) is 2.96. The summed E-state index contributed by atoms with van der Waals surface area (Å²) in [6, 6.07) is 2.40. The SMILES string of the molecule is CC1=C[C@]23C(=O)[C@@H](C=C(CO)[C@@H](O)[C@]2(O)[C@H]1OC(=O)c1ccc(F)cc1F)[C@H]1C(C[C@H]3C)C1(C)C. The van der Waals surface area contributed by atoms with Crippen molar-refractivity contribution in [1.29, 1.82) is 0 Å². The molecule has 8 heteroatoms. The third kappa shape index (κ3) is 2.96. The molecule has 6 nitrogen and oxygen atoms in total. The fraction of sp³-hybridized carbons (Fsp3) is 0.556. The molecule has 35 heavy (non-hydrogen) atoms. The summed E-state index contributed by atoms with van der Waals surface area (Å²) in [6.07, 6.45) is 0.593.